The minimum atomic E-state index is 1.16. The normalized spacial score (nSPS) is 9.64. The van der Waals surface area contributed by atoms with Crippen LogP contribution in [0.4, 0.5) is 0 Å². The van der Waals surface area contributed by atoms with E-state index in [0.29, 0.717) is 0 Å². The van der Waals surface area contributed by atoms with E-state index in [1.165, 1.54) is 29.1 Å². The summed E-state index contributed by atoms with van der Waals surface area (Å²) in [6.07, 6.45) is 5.34. The molecule has 1 radical (unpaired) electrons. The molecule has 0 unspecified atom stereocenters. The van der Waals surface area contributed by atoms with E-state index in [1.54, 1.807) is 0 Å². The van der Waals surface area contributed by atoms with Gasteiger partial charge in [0.15, 0.2) is 0 Å². The zero-order valence-electron chi connectivity index (χ0n) is 7.30. The van der Waals surface area contributed by atoms with Crippen molar-refractivity contribution in [2.75, 3.05) is 13.6 Å². The van der Waals surface area contributed by atoms with Gasteiger partial charge in [0.2, 0.25) is 0 Å². The topological polar surface area (TPSA) is 3.24 Å². The van der Waals surface area contributed by atoms with Crippen LogP contribution in [0.1, 0.15) is 32.6 Å². The third-order valence-electron chi connectivity index (χ3n) is 1.66. The van der Waals surface area contributed by atoms with Crippen LogP contribution in [0.3, 0.4) is 0 Å². The second-order valence-electron chi connectivity index (χ2n) is 2.75. The molecule has 0 aliphatic rings. The van der Waals surface area contributed by atoms with E-state index >= 15 is 0 Å². The summed E-state index contributed by atoms with van der Waals surface area (Å²) in [6.45, 7) is 3.40. The summed E-state index contributed by atoms with van der Waals surface area (Å²) in [4.78, 5) is 2.22. The van der Waals surface area contributed by atoms with Gasteiger partial charge in [0, 0.05) is 0 Å². The Hall–Kier alpha value is 0.709. The van der Waals surface area contributed by atoms with Gasteiger partial charge >= 0.3 is 86.1 Å². The SMILES string of the molecule is CCCCCCN(C)C([Se])=[Se]. The number of nitrogens with zero attached hydrogens (tertiary/aromatic N) is 1. The summed E-state index contributed by atoms with van der Waals surface area (Å²) in [5, 5.41) is 0. The van der Waals surface area contributed by atoms with Crippen LogP contribution >= 0.6 is 0 Å². The zero-order valence-corrected chi connectivity index (χ0v) is 10.7. The van der Waals surface area contributed by atoms with Gasteiger partial charge in [-0.15, -0.1) is 0 Å². The Morgan fingerprint density at radius 1 is 1.27 bits per heavy atom. The first kappa shape index (κ1) is 11.7. The molecule has 0 aromatic rings. The molecule has 11 heavy (non-hydrogen) atoms. The Labute approximate surface area is 86.1 Å². The van der Waals surface area contributed by atoms with Crippen LogP contribution in [0.5, 0.6) is 0 Å². The fraction of sp³-hybridized carbons (Fsp3) is 0.875. The van der Waals surface area contributed by atoms with Crippen LogP contribution < -0.4 is 0 Å². The number of hydrogen-bond donors (Lipinski definition) is 0. The second-order valence-corrected chi connectivity index (χ2v) is 5.68. The molecule has 0 saturated heterocycles. The van der Waals surface area contributed by atoms with Crippen molar-refractivity contribution in [3.63, 3.8) is 0 Å². The monoisotopic (exact) mass is 286 g/mol. The third-order valence-corrected chi connectivity index (χ3v) is 2.97. The Morgan fingerprint density at radius 2 is 1.91 bits per heavy atom. The van der Waals surface area contributed by atoms with Gasteiger partial charge in [-0.05, 0) is 0 Å². The van der Waals surface area contributed by atoms with Gasteiger partial charge in [0.05, 0.1) is 0 Å². The molecule has 0 saturated carbocycles. The van der Waals surface area contributed by atoms with Crippen molar-refractivity contribution >= 4 is 35.0 Å². The molecule has 0 atom stereocenters. The minimum absolute atomic E-state index is 1.16. The van der Waals surface area contributed by atoms with Gasteiger partial charge in [-0.25, -0.2) is 0 Å². The summed E-state index contributed by atoms with van der Waals surface area (Å²) in [7, 11) is 2.11. The van der Waals surface area contributed by atoms with Crippen LogP contribution in [0.2, 0.25) is 0 Å². The summed E-state index contributed by atoms with van der Waals surface area (Å²) < 4.78 is 1.17. The van der Waals surface area contributed by atoms with E-state index in [-0.39, 0.29) is 0 Å². The van der Waals surface area contributed by atoms with Crippen molar-refractivity contribution in [2.45, 2.75) is 32.6 Å². The van der Waals surface area contributed by atoms with Crippen molar-refractivity contribution in [2.24, 2.45) is 0 Å². The van der Waals surface area contributed by atoms with Crippen LogP contribution in [0.25, 0.3) is 0 Å². The molecule has 0 heterocycles. The van der Waals surface area contributed by atoms with Gasteiger partial charge in [-0.1, -0.05) is 0 Å². The maximum absolute atomic E-state index is 2.97. The summed E-state index contributed by atoms with van der Waals surface area (Å²) in [5.74, 6) is 0. The molecule has 0 spiro atoms. The molecule has 0 rings (SSSR count). The number of rotatable bonds is 6. The Bertz CT molecular complexity index is 115. The van der Waals surface area contributed by atoms with Gasteiger partial charge in [-0.3, -0.25) is 0 Å². The molecule has 1 nitrogen and oxygen atoms in total. The predicted molar refractivity (Wildman–Crippen MR) is 53.3 cm³/mol. The van der Waals surface area contributed by atoms with Gasteiger partial charge in [-0.2, -0.15) is 0 Å². The van der Waals surface area contributed by atoms with Gasteiger partial charge in [0.1, 0.15) is 0 Å². The van der Waals surface area contributed by atoms with E-state index in [2.05, 4.69) is 50.5 Å². The maximum atomic E-state index is 2.97. The van der Waals surface area contributed by atoms with E-state index in [1.807, 2.05) is 0 Å². The third kappa shape index (κ3) is 7.08. The molecule has 0 bridgehead atoms. The average Bonchev–Trinajstić information content (AvgIpc) is 1.97. The first-order chi connectivity index (χ1) is 5.18. The molecule has 0 aliphatic carbocycles. The van der Waals surface area contributed by atoms with Gasteiger partial charge in [0.25, 0.3) is 0 Å². The van der Waals surface area contributed by atoms with Crippen molar-refractivity contribution in [1.29, 1.82) is 0 Å². The van der Waals surface area contributed by atoms with E-state index < -0.39 is 0 Å². The molecule has 3 heteroatoms. The Morgan fingerprint density at radius 3 is 2.36 bits per heavy atom. The molecule has 0 fully saturated rings. The van der Waals surface area contributed by atoms with Crippen molar-refractivity contribution in [3.05, 3.63) is 0 Å². The second kappa shape index (κ2) is 7.36. The zero-order chi connectivity index (χ0) is 8.69. The predicted octanol–water partition coefficient (Wildman–Crippen LogP) is 0.923. The molecular weight excluding hydrogens is 268 g/mol. The molecule has 0 N–H and O–H groups in total. The fourth-order valence-corrected chi connectivity index (χ4v) is 1.25. The molecule has 0 aromatic heterocycles. The van der Waals surface area contributed by atoms with Crippen LogP contribution in [0, 0.1) is 0 Å². The van der Waals surface area contributed by atoms with Gasteiger partial charge < -0.3 is 0 Å². The summed E-state index contributed by atoms with van der Waals surface area (Å²) >= 11 is 5.94. The molecule has 65 valence electrons. The summed E-state index contributed by atoms with van der Waals surface area (Å²) in [6, 6.07) is 0. The molecule has 0 aromatic carbocycles. The van der Waals surface area contributed by atoms with Crippen molar-refractivity contribution < 1.29 is 0 Å². The summed E-state index contributed by atoms with van der Waals surface area (Å²) in [5.41, 5.74) is 0. The van der Waals surface area contributed by atoms with Crippen LogP contribution in [-0.2, 0) is 0 Å². The van der Waals surface area contributed by atoms with Crippen LogP contribution in [0.15, 0.2) is 0 Å². The quantitative estimate of drug-likeness (QED) is 0.518. The van der Waals surface area contributed by atoms with Crippen LogP contribution in [-0.4, -0.2) is 53.5 Å². The van der Waals surface area contributed by atoms with Crippen molar-refractivity contribution in [1.82, 2.24) is 4.90 Å². The first-order valence-electron chi connectivity index (χ1n) is 4.10. The fourth-order valence-electron chi connectivity index (χ4n) is 0.867. The van der Waals surface area contributed by atoms with E-state index in [0.717, 1.165) is 6.54 Å². The standard InChI is InChI=1S/C8H16NSe2/c1-3-4-5-6-7-9(2)8(10)11/h3-7H2,1-2H3. The first-order valence-corrected chi connectivity index (χ1v) is 5.82. The molecular formula is C8H16NSe2. The Kier molecular flexibility index (Phi) is 7.84. The van der Waals surface area contributed by atoms with E-state index in [4.69, 9.17) is 0 Å². The molecule has 0 aliphatic heterocycles. The van der Waals surface area contributed by atoms with Crippen molar-refractivity contribution in [3.8, 4) is 0 Å². The number of unbranched alkanes of at least 4 members (excludes halogenated alkanes) is 3. The number of hydrogen-bond acceptors (Lipinski definition) is 1. The van der Waals surface area contributed by atoms with E-state index in [9.17, 15) is 0 Å². The average molecular weight is 284 g/mol. The Balaban J connectivity index is 3.17. The molecule has 0 amide bonds.